The van der Waals surface area contributed by atoms with E-state index in [-0.39, 0.29) is 5.92 Å². The molecule has 104 valence electrons. The van der Waals surface area contributed by atoms with E-state index in [9.17, 15) is 5.11 Å². The first-order chi connectivity index (χ1) is 9.08. The first kappa shape index (κ1) is 16.1. The predicted octanol–water partition coefficient (Wildman–Crippen LogP) is 4.58. The third-order valence-corrected chi connectivity index (χ3v) is 3.84. The van der Waals surface area contributed by atoms with Crippen molar-refractivity contribution in [3.8, 4) is 11.8 Å². The maximum atomic E-state index is 10.1. The van der Waals surface area contributed by atoms with E-state index in [4.69, 9.17) is 11.6 Å². The Bertz CT molecular complexity index is 456. The lowest BCUT2D eigenvalue weighted by atomic mass is 9.93. The van der Waals surface area contributed by atoms with Crippen LogP contribution in [0.3, 0.4) is 0 Å². The molecule has 1 aromatic carbocycles. The molecular formula is C17H23ClO. The highest BCUT2D eigenvalue weighted by atomic mass is 35.5. The van der Waals surface area contributed by atoms with Crippen LogP contribution in [0.5, 0.6) is 0 Å². The first-order valence-corrected chi connectivity index (χ1v) is 7.42. The molecule has 2 heteroatoms. The number of unbranched alkanes of at least 4 members (excludes halogenated alkanes) is 1. The van der Waals surface area contributed by atoms with Gasteiger partial charge in [-0.3, -0.25) is 0 Å². The van der Waals surface area contributed by atoms with Gasteiger partial charge >= 0.3 is 0 Å². The number of halogens is 1. The molecule has 1 rings (SSSR count). The fourth-order valence-electron chi connectivity index (χ4n) is 2.00. The van der Waals surface area contributed by atoms with Crippen LogP contribution in [-0.4, -0.2) is 11.2 Å². The van der Waals surface area contributed by atoms with Crippen LogP contribution in [0.2, 0.25) is 5.02 Å². The topological polar surface area (TPSA) is 20.2 Å². The quantitative estimate of drug-likeness (QED) is 0.782. The van der Waals surface area contributed by atoms with Crippen LogP contribution in [0, 0.1) is 24.7 Å². The lowest BCUT2D eigenvalue weighted by Crippen LogP contribution is -2.17. The van der Waals surface area contributed by atoms with Gasteiger partial charge in [-0.1, -0.05) is 56.2 Å². The zero-order chi connectivity index (χ0) is 14.3. The summed E-state index contributed by atoms with van der Waals surface area (Å²) in [5, 5.41) is 10.8. The minimum absolute atomic E-state index is 0.272. The zero-order valence-corrected chi connectivity index (χ0v) is 12.8. The van der Waals surface area contributed by atoms with Crippen LogP contribution in [0.15, 0.2) is 18.2 Å². The molecule has 0 spiro atoms. The average Bonchev–Trinajstić information content (AvgIpc) is 2.41. The van der Waals surface area contributed by atoms with Gasteiger partial charge in [0.05, 0.1) is 0 Å². The highest BCUT2D eigenvalue weighted by Crippen LogP contribution is 2.18. The fraction of sp³-hybridized carbons (Fsp3) is 0.529. The van der Waals surface area contributed by atoms with Crippen molar-refractivity contribution in [2.45, 2.75) is 52.6 Å². The summed E-state index contributed by atoms with van der Waals surface area (Å²) in [6.45, 7) is 6.24. The van der Waals surface area contributed by atoms with Gasteiger partial charge < -0.3 is 5.11 Å². The van der Waals surface area contributed by atoms with E-state index in [1.807, 2.05) is 25.1 Å². The summed E-state index contributed by atoms with van der Waals surface area (Å²) < 4.78 is 0. The van der Waals surface area contributed by atoms with Gasteiger partial charge in [0, 0.05) is 10.6 Å². The van der Waals surface area contributed by atoms with Gasteiger partial charge in [0.15, 0.2) is 0 Å². The van der Waals surface area contributed by atoms with Gasteiger partial charge in [-0.2, -0.15) is 0 Å². The van der Waals surface area contributed by atoms with Crippen molar-refractivity contribution in [2.75, 3.05) is 0 Å². The third kappa shape index (κ3) is 5.27. The number of aryl methyl sites for hydroxylation is 1. The SMILES string of the molecule is CCCCC(CC)C(O)C#Cc1ccc(C)c(Cl)c1. The summed E-state index contributed by atoms with van der Waals surface area (Å²) in [5.41, 5.74) is 1.90. The van der Waals surface area contributed by atoms with Gasteiger partial charge in [-0.05, 0) is 43.4 Å². The molecule has 0 aliphatic carbocycles. The molecule has 1 N–H and O–H groups in total. The van der Waals surface area contributed by atoms with Gasteiger partial charge in [0.1, 0.15) is 6.10 Å². The molecule has 0 aliphatic heterocycles. The van der Waals surface area contributed by atoms with Crippen LogP contribution in [-0.2, 0) is 0 Å². The van der Waals surface area contributed by atoms with E-state index in [1.165, 1.54) is 0 Å². The number of hydrogen-bond donors (Lipinski definition) is 1. The van der Waals surface area contributed by atoms with Crippen LogP contribution < -0.4 is 0 Å². The summed E-state index contributed by atoms with van der Waals surface area (Å²) in [7, 11) is 0. The Labute approximate surface area is 122 Å². The molecule has 0 radical (unpaired) electrons. The molecule has 0 saturated carbocycles. The number of benzene rings is 1. The average molecular weight is 279 g/mol. The molecule has 1 nitrogen and oxygen atoms in total. The largest absolute Gasteiger partial charge is 0.380 e. The molecule has 0 aliphatic rings. The molecule has 19 heavy (non-hydrogen) atoms. The van der Waals surface area contributed by atoms with E-state index >= 15 is 0 Å². The summed E-state index contributed by atoms with van der Waals surface area (Å²) >= 11 is 6.06. The molecule has 1 aromatic rings. The molecule has 0 aromatic heterocycles. The Morgan fingerprint density at radius 1 is 1.32 bits per heavy atom. The molecule has 2 unspecified atom stereocenters. The minimum Gasteiger partial charge on any atom is -0.380 e. The number of aliphatic hydroxyl groups is 1. The zero-order valence-electron chi connectivity index (χ0n) is 12.0. The van der Waals surface area contributed by atoms with Gasteiger partial charge in [0.2, 0.25) is 0 Å². The molecule has 2 atom stereocenters. The number of hydrogen-bond acceptors (Lipinski definition) is 1. The van der Waals surface area contributed by atoms with Crippen molar-refractivity contribution in [3.05, 3.63) is 34.3 Å². The van der Waals surface area contributed by atoms with E-state index < -0.39 is 6.10 Å². The molecule has 0 fully saturated rings. The summed E-state index contributed by atoms with van der Waals surface area (Å²) in [6, 6.07) is 5.74. The van der Waals surface area contributed by atoms with Gasteiger partial charge in [-0.25, -0.2) is 0 Å². The van der Waals surface area contributed by atoms with Crippen molar-refractivity contribution in [3.63, 3.8) is 0 Å². The van der Waals surface area contributed by atoms with E-state index in [0.29, 0.717) is 0 Å². The van der Waals surface area contributed by atoms with Crippen LogP contribution in [0.4, 0.5) is 0 Å². The molecule has 0 bridgehead atoms. The number of aliphatic hydroxyl groups excluding tert-OH is 1. The molecule has 0 amide bonds. The second kappa shape index (κ2) is 8.25. The normalized spacial score (nSPS) is 13.5. The molecule has 0 saturated heterocycles. The minimum atomic E-state index is -0.545. The van der Waals surface area contributed by atoms with Crippen molar-refractivity contribution in [2.24, 2.45) is 5.92 Å². The lowest BCUT2D eigenvalue weighted by molar-refractivity contribution is 0.150. The van der Waals surface area contributed by atoms with Gasteiger partial charge in [0.25, 0.3) is 0 Å². The predicted molar refractivity (Wildman–Crippen MR) is 82.4 cm³/mol. The molecule has 0 heterocycles. The third-order valence-electron chi connectivity index (χ3n) is 3.44. The maximum absolute atomic E-state index is 10.1. The van der Waals surface area contributed by atoms with E-state index in [0.717, 1.165) is 41.8 Å². The lowest BCUT2D eigenvalue weighted by Gasteiger charge is -2.16. The first-order valence-electron chi connectivity index (χ1n) is 7.04. The van der Waals surface area contributed by atoms with Crippen molar-refractivity contribution in [1.29, 1.82) is 0 Å². The Hall–Kier alpha value is -0.970. The Balaban J connectivity index is 2.71. The second-order valence-electron chi connectivity index (χ2n) is 4.99. The standard InChI is InChI=1S/C17H23ClO/c1-4-6-7-15(5-2)17(19)11-10-14-9-8-13(3)16(18)12-14/h8-9,12,15,17,19H,4-7H2,1-3H3. The van der Waals surface area contributed by atoms with Crippen LogP contribution in [0.1, 0.15) is 50.7 Å². The highest BCUT2D eigenvalue weighted by molar-refractivity contribution is 6.31. The summed E-state index contributed by atoms with van der Waals surface area (Å²) in [6.07, 6.45) is 3.76. The van der Waals surface area contributed by atoms with E-state index in [1.54, 1.807) is 0 Å². The Morgan fingerprint density at radius 2 is 2.05 bits per heavy atom. The van der Waals surface area contributed by atoms with Crippen LogP contribution in [0.25, 0.3) is 0 Å². The Kier molecular flexibility index (Phi) is 6.99. The van der Waals surface area contributed by atoms with Crippen molar-refractivity contribution in [1.82, 2.24) is 0 Å². The maximum Gasteiger partial charge on any atom is 0.117 e. The monoisotopic (exact) mass is 278 g/mol. The fourth-order valence-corrected chi connectivity index (χ4v) is 2.18. The smallest absolute Gasteiger partial charge is 0.117 e. The summed E-state index contributed by atoms with van der Waals surface area (Å²) in [4.78, 5) is 0. The number of rotatable bonds is 5. The van der Waals surface area contributed by atoms with Crippen molar-refractivity contribution < 1.29 is 5.11 Å². The van der Waals surface area contributed by atoms with Gasteiger partial charge in [-0.15, -0.1) is 0 Å². The highest BCUT2D eigenvalue weighted by Gasteiger charge is 2.14. The second-order valence-corrected chi connectivity index (χ2v) is 5.40. The van der Waals surface area contributed by atoms with Crippen molar-refractivity contribution >= 4 is 11.6 Å². The Morgan fingerprint density at radius 3 is 2.63 bits per heavy atom. The molecular weight excluding hydrogens is 256 g/mol. The van der Waals surface area contributed by atoms with Crippen LogP contribution >= 0.6 is 11.6 Å². The summed E-state index contributed by atoms with van der Waals surface area (Å²) in [5.74, 6) is 6.24. The van der Waals surface area contributed by atoms with E-state index in [2.05, 4.69) is 25.7 Å².